The van der Waals surface area contributed by atoms with Crippen molar-refractivity contribution in [2.24, 2.45) is 5.92 Å². The molecular formula is C25H30N4O5S. The van der Waals surface area contributed by atoms with Crippen LogP contribution < -0.4 is 10.6 Å². The number of benzene rings is 2. The van der Waals surface area contributed by atoms with Gasteiger partial charge in [0.15, 0.2) is 9.79 Å². The molecule has 0 saturated heterocycles. The van der Waals surface area contributed by atoms with Crippen LogP contribution in [0.1, 0.15) is 45.4 Å². The molecule has 1 aliphatic carbocycles. The van der Waals surface area contributed by atoms with Crippen molar-refractivity contribution in [3.05, 3.63) is 48.5 Å². The second kappa shape index (κ2) is 12.4. The summed E-state index contributed by atoms with van der Waals surface area (Å²) in [4.78, 5) is 38.9. The molecule has 3 N–H and O–H groups in total. The van der Waals surface area contributed by atoms with Gasteiger partial charge in [-0.25, -0.2) is 4.79 Å². The number of guanidine groups is 1. The molecular weight excluding hydrogens is 468 g/mol. The predicted molar refractivity (Wildman–Crippen MR) is 134 cm³/mol. The van der Waals surface area contributed by atoms with Crippen LogP contribution in [0.4, 0.5) is 16.2 Å². The highest BCUT2D eigenvalue weighted by Crippen LogP contribution is 2.31. The van der Waals surface area contributed by atoms with Gasteiger partial charge in [-0.2, -0.15) is 4.90 Å². The standard InChI is InChI=1S/C25H30N4O5S/c1-3-22(30)29(25(32)34-2)24(26)28-21-16-19(35(33)18-12-8-5-9-13-18)14-15-20(21)27-23(31)17-10-6-4-7-11-17/h5,8-9,12-17H,3-4,6-7,10-11H2,1-2H3,(H2,26,28)(H,27,31). The number of methoxy groups -OCH3 is 1. The van der Waals surface area contributed by atoms with E-state index in [2.05, 4.69) is 15.4 Å². The first-order valence-corrected chi connectivity index (χ1v) is 12.7. The number of rotatable bonds is 6. The van der Waals surface area contributed by atoms with Gasteiger partial charge in [0.25, 0.3) is 0 Å². The normalized spacial score (nSPS) is 14.5. The van der Waals surface area contributed by atoms with Gasteiger partial charge in [0.05, 0.1) is 18.5 Å². The summed E-state index contributed by atoms with van der Waals surface area (Å²) < 4.78 is 17.8. The summed E-state index contributed by atoms with van der Waals surface area (Å²) in [6, 6.07) is 13.7. The number of nitrogens with one attached hydrogen (secondary N) is 3. The Bertz CT molecular complexity index is 1060. The number of ether oxygens (including phenoxy) is 1. The third-order valence-electron chi connectivity index (χ3n) is 5.78. The van der Waals surface area contributed by atoms with Crippen LogP contribution in [0.2, 0.25) is 0 Å². The molecule has 0 radical (unpaired) electrons. The van der Waals surface area contributed by atoms with Gasteiger partial charge >= 0.3 is 6.09 Å². The molecule has 0 aliphatic heterocycles. The number of amides is 3. The highest BCUT2D eigenvalue weighted by molar-refractivity contribution is 7.91. The summed E-state index contributed by atoms with van der Waals surface area (Å²) in [5, 5.41) is 14.0. The molecule has 35 heavy (non-hydrogen) atoms. The Morgan fingerprint density at radius 2 is 1.71 bits per heavy atom. The van der Waals surface area contributed by atoms with Gasteiger partial charge in [-0.3, -0.25) is 15.0 Å². The third-order valence-corrected chi connectivity index (χ3v) is 7.16. The van der Waals surface area contributed by atoms with E-state index >= 15 is 0 Å². The molecule has 0 bridgehead atoms. The quantitative estimate of drug-likeness (QED) is 0.300. The molecule has 1 unspecified atom stereocenters. The summed E-state index contributed by atoms with van der Waals surface area (Å²) in [6.45, 7) is 1.56. The van der Waals surface area contributed by atoms with E-state index in [-0.39, 0.29) is 23.9 Å². The minimum Gasteiger partial charge on any atom is -0.606 e. The molecule has 2 aromatic carbocycles. The zero-order valence-electron chi connectivity index (χ0n) is 19.8. The largest absolute Gasteiger partial charge is 0.606 e. The number of hydrogen-bond acceptors (Lipinski definition) is 6. The molecule has 2 aromatic rings. The molecule has 1 aliphatic rings. The lowest BCUT2D eigenvalue weighted by molar-refractivity contribution is -0.125. The molecule has 1 saturated carbocycles. The maximum absolute atomic E-state index is 13.1. The van der Waals surface area contributed by atoms with Crippen LogP contribution in [0.15, 0.2) is 58.3 Å². The SMILES string of the molecule is CCC(=O)N(C(=N)Nc1cc([S+]([O-])c2ccccc2)ccc1NC(=O)C1CCCCC1)C(=O)OC. The van der Waals surface area contributed by atoms with Crippen molar-refractivity contribution >= 4 is 46.4 Å². The van der Waals surface area contributed by atoms with E-state index in [1.807, 2.05) is 6.07 Å². The Hall–Kier alpha value is -3.37. The Kier molecular flexibility index (Phi) is 9.27. The summed E-state index contributed by atoms with van der Waals surface area (Å²) in [5.41, 5.74) is 0.589. The lowest BCUT2D eigenvalue weighted by Gasteiger charge is -2.24. The molecule has 9 nitrogen and oxygen atoms in total. The lowest BCUT2D eigenvalue weighted by atomic mass is 9.88. The second-order valence-corrected chi connectivity index (χ2v) is 9.62. The lowest BCUT2D eigenvalue weighted by Crippen LogP contribution is -2.44. The monoisotopic (exact) mass is 498 g/mol. The van der Waals surface area contributed by atoms with Crippen LogP contribution in [0.3, 0.4) is 0 Å². The average molecular weight is 499 g/mol. The second-order valence-electron chi connectivity index (χ2n) is 8.14. The maximum atomic E-state index is 13.1. The summed E-state index contributed by atoms with van der Waals surface area (Å²) >= 11 is -1.52. The zero-order chi connectivity index (χ0) is 25.4. The van der Waals surface area contributed by atoms with E-state index in [1.54, 1.807) is 49.4 Å². The fourth-order valence-corrected chi connectivity index (χ4v) is 4.97. The van der Waals surface area contributed by atoms with Crippen LogP contribution in [0.25, 0.3) is 0 Å². The van der Waals surface area contributed by atoms with Crippen molar-refractivity contribution in [3.8, 4) is 0 Å². The van der Waals surface area contributed by atoms with Crippen molar-refractivity contribution in [2.75, 3.05) is 17.7 Å². The first kappa shape index (κ1) is 26.2. The number of nitrogens with zero attached hydrogens (tertiary/aromatic N) is 1. The average Bonchev–Trinajstić information content (AvgIpc) is 2.89. The summed E-state index contributed by atoms with van der Waals surface area (Å²) in [6.07, 6.45) is 3.69. The molecule has 0 aromatic heterocycles. The van der Waals surface area contributed by atoms with E-state index in [4.69, 9.17) is 5.41 Å². The molecule has 10 heteroatoms. The van der Waals surface area contributed by atoms with E-state index in [1.165, 1.54) is 0 Å². The van der Waals surface area contributed by atoms with Crippen LogP contribution in [0, 0.1) is 11.3 Å². The zero-order valence-corrected chi connectivity index (χ0v) is 20.7. The van der Waals surface area contributed by atoms with Gasteiger partial charge in [0, 0.05) is 29.6 Å². The number of hydrogen-bond donors (Lipinski definition) is 3. The first-order valence-electron chi connectivity index (χ1n) is 11.5. The first-order chi connectivity index (χ1) is 16.8. The highest BCUT2D eigenvalue weighted by atomic mass is 32.2. The van der Waals surface area contributed by atoms with Gasteiger partial charge in [0.1, 0.15) is 0 Å². The fourth-order valence-electron chi connectivity index (χ4n) is 3.88. The topological polar surface area (TPSA) is 135 Å². The minimum absolute atomic E-state index is 0.0253. The van der Waals surface area contributed by atoms with E-state index in [0.29, 0.717) is 20.4 Å². The van der Waals surface area contributed by atoms with Crippen molar-refractivity contribution in [1.29, 1.82) is 5.41 Å². The maximum Gasteiger partial charge on any atom is 0.423 e. The molecule has 1 fully saturated rings. The van der Waals surface area contributed by atoms with Crippen LogP contribution in [-0.2, 0) is 25.5 Å². The smallest absolute Gasteiger partial charge is 0.423 e. The predicted octanol–water partition coefficient (Wildman–Crippen LogP) is 4.72. The van der Waals surface area contributed by atoms with Crippen molar-refractivity contribution in [1.82, 2.24) is 4.90 Å². The van der Waals surface area contributed by atoms with Gasteiger partial charge in [-0.05, 0) is 37.1 Å². The number of anilines is 2. The summed E-state index contributed by atoms with van der Waals surface area (Å²) in [7, 11) is 1.12. The number of imide groups is 1. The fraction of sp³-hybridized carbons (Fsp3) is 0.360. The molecule has 186 valence electrons. The van der Waals surface area contributed by atoms with Crippen molar-refractivity contribution in [2.45, 2.75) is 55.2 Å². The van der Waals surface area contributed by atoms with Gasteiger partial charge in [0.2, 0.25) is 17.8 Å². The van der Waals surface area contributed by atoms with Crippen LogP contribution >= 0.6 is 0 Å². The Morgan fingerprint density at radius 1 is 1.03 bits per heavy atom. The third kappa shape index (κ3) is 6.61. The van der Waals surface area contributed by atoms with E-state index < -0.39 is 29.1 Å². The molecule has 3 amide bonds. The Morgan fingerprint density at radius 3 is 2.34 bits per heavy atom. The molecule has 0 heterocycles. The van der Waals surface area contributed by atoms with Gasteiger partial charge in [-0.1, -0.05) is 44.4 Å². The van der Waals surface area contributed by atoms with Crippen molar-refractivity contribution < 1.29 is 23.7 Å². The number of carbonyl (C=O) groups is 3. The van der Waals surface area contributed by atoms with E-state index in [9.17, 15) is 18.9 Å². The summed E-state index contributed by atoms with van der Waals surface area (Å²) in [5.74, 6) is -1.42. The molecule has 1 atom stereocenters. The van der Waals surface area contributed by atoms with E-state index in [0.717, 1.165) is 39.2 Å². The highest BCUT2D eigenvalue weighted by Gasteiger charge is 2.28. The minimum atomic E-state index is -1.52. The van der Waals surface area contributed by atoms with Gasteiger partial charge < -0.3 is 19.9 Å². The Balaban J connectivity index is 1.93. The van der Waals surface area contributed by atoms with Gasteiger partial charge in [-0.15, -0.1) is 0 Å². The molecule has 0 spiro atoms. The van der Waals surface area contributed by atoms with Crippen molar-refractivity contribution in [3.63, 3.8) is 0 Å². The Labute approximate surface area is 207 Å². The van der Waals surface area contributed by atoms with Crippen LogP contribution in [0.5, 0.6) is 0 Å². The van der Waals surface area contributed by atoms with Crippen LogP contribution in [-0.4, -0.2) is 40.4 Å². The number of carbonyl (C=O) groups excluding carboxylic acids is 3. The molecule has 3 rings (SSSR count).